The van der Waals surface area contributed by atoms with Crippen molar-refractivity contribution in [2.24, 2.45) is 0 Å². The van der Waals surface area contributed by atoms with Gasteiger partial charge in [-0.1, -0.05) is 11.6 Å². The molecule has 0 aliphatic heterocycles. The Balaban J connectivity index is 2.53. The molecule has 2 rings (SSSR count). The second-order valence-corrected chi connectivity index (χ2v) is 4.13. The first-order valence-corrected chi connectivity index (χ1v) is 5.42. The maximum Gasteiger partial charge on any atom is 0.181 e. The van der Waals surface area contributed by atoms with Crippen LogP contribution in [0.2, 0.25) is 0 Å². The van der Waals surface area contributed by atoms with Crippen LogP contribution in [-0.4, -0.2) is 23.9 Å². The van der Waals surface area contributed by atoms with E-state index in [2.05, 4.69) is 10.3 Å². The van der Waals surface area contributed by atoms with Gasteiger partial charge >= 0.3 is 0 Å². The van der Waals surface area contributed by atoms with Gasteiger partial charge in [-0.15, -0.1) is 0 Å². The predicted octanol–water partition coefficient (Wildman–Crippen LogP) is 2.27. The van der Waals surface area contributed by atoms with E-state index >= 15 is 0 Å². The lowest BCUT2D eigenvalue weighted by molar-refractivity contribution is 0.0956. The first-order chi connectivity index (χ1) is 7.63. The minimum Gasteiger partial charge on any atom is -0.360 e. The first kappa shape index (κ1) is 10.9. The average Bonchev–Trinajstić information content (AvgIpc) is 2.69. The third-order valence-electron chi connectivity index (χ3n) is 2.93. The smallest absolute Gasteiger partial charge is 0.181 e. The van der Waals surface area contributed by atoms with Crippen LogP contribution in [0.5, 0.6) is 0 Å². The number of benzene rings is 1. The lowest BCUT2D eigenvalue weighted by atomic mass is 10.0. The van der Waals surface area contributed by atoms with Gasteiger partial charge in [0, 0.05) is 22.7 Å². The Labute approximate surface area is 94.9 Å². The van der Waals surface area contributed by atoms with Gasteiger partial charge < -0.3 is 10.3 Å². The highest BCUT2D eigenvalue weighted by Crippen LogP contribution is 2.20. The number of rotatable bonds is 3. The fraction of sp³-hybridized carbons (Fsp3) is 0.308. The van der Waals surface area contributed by atoms with E-state index in [-0.39, 0.29) is 11.8 Å². The van der Waals surface area contributed by atoms with Crippen molar-refractivity contribution in [2.75, 3.05) is 7.05 Å². The van der Waals surface area contributed by atoms with Crippen molar-refractivity contribution in [3.63, 3.8) is 0 Å². The fourth-order valence-corrected chi connectivity index (χ4v) is 1.80. The highest BCUT2D eigenvalue weighted by Gasteiger charge is 2.16. The summed E-state index contributed by atoms with van der Waals surface area (Å²) in [5, 5.41) is 3.98. The molecular weight excluding hydrogens is 200 g/mol. The number of carbonyl (C=O) groups is 1. The van der Waals surface area contributed by atoms with Crippen LogP contribution in [0.3, 0.4) is 0 Å². The van der Waals surface area contributed by atoms with Crippen molar-refractivity contribution in [3.8, 4) is 0 Å². The maximum absolute atomic E-state index is 12.1. The van der Waals surface area contributed by atoms with E-state index in [1.807, 2.05) is 32.0 Å². The van der Waals surface area contributed by atoms with Gasteiger partial charge in [0.1, 0.15) is 0 Å². The molecule has 2 aromatic rings. The standard InChI is InChI=1S/C13H16N2O/c1-8-4-5-12-10(6-8)11(7-15-12)13(16)9(2)14-3/h4-7,9,14-15H,1-3H3. The second-order valence-electron chi connectivity index (χ2n) is 4.13. The predicted molar refractivity (Wildman–Crippen MR) is 65.9 cm³/mol. The molecule has 84 valence electrons. The maximum atomic E-state index is 12.1. The van der Waals surface area contributed by atoms with Gasteiger partial charge in [-0.05, 0) is 33.0 Å². The molecule has 16 heavy (non-hydrogen) atoms. The Bertz CT molecular complexity index is 528. The van der Waals surface area contributed by atoms with Gasteiger partial charge in [0.05, 0.1) is 6.04 Å². The second kappa shape index (κ2) is 4.10. The summed E-state index contributed by atoms with van der Waals surface area (Å²) in [5.74, 6) is 0.124. The molecule has 2 N–H and O–H groups in total. The summed E-state index contributed by atoms with van der Waals surface area (Å²) in [6, 6.07) is 5.93. The molecule has 1 heterocycles. The monoisotopic (exact) mass is 216 g/mol. The number of hydrogen-bond donors (Lipinski definition) is 2. The third kappa shape index (κ3) is 1.74. The van der Waals surface area contributed by atoms with Crippen LogP contribution in [-0.2, 0) is 0 Å². The highest BCUT2D eigenvalue weighted by atomic mass is 16.1. The minimum absolute atomic E-state index is 0.124. The number of Topliss-reactive ketones (excluding diaryl/α,β-unsaturated/α-hetero) is 1. The number of ketones is 1. The minimum atomic E-state index is -0.153. The number of aromatic nitrogens is 1. The van der Waals surface area contributed by atoms with Crippen molar-refractivity contribution in [1.82, 2.24) is 10.3 Å². The van der Waals surface area contributed by atoms with Gasteiger partial charge in [-0.25, -0.2) is 0 Å². The van der Waals surface area contributed by atoms with E-state index in [9.17, 15) is 4.79 Å². The Morgan fingerprint density at radius 3 is 2.88 bits per heavy atom. The summed E-state index contributed by atoms with van der Waals surface area (Å²) in [6.45, 7) is 3.90. The van der Waals surface area contributed by atoms with E-state index in [0.29, 0.717) is 0 Å². The molecule has 0 amide bonds. The molecule has 0 spiro atoms. The van der Waals surface area contributed by atoms with Crippen LogP contribution in [0.25, 0.3) is 10.9 Å². The van der Waals surface area contributed by atoms with Crippen molar-refractivity contribution >= 4 is 16.7 Å². The van der Waals surface area contributed by atoms with E-state index in [4.69, 9.17) is 0 Å². The fourth-order valence-electron chi connectivity index (χ4n) is 1.80. The van der Waals surface area contributed by atoms with Crippen LogP contribution < -0.4 is 5.32 Å². The van der Waals surface area contributed by atoms with Gasteiger partial charge in [-0.2, -0.15) is 0 Å². The first-order valence-electron chi connectivity index (χ1n) is 5.42. The molecule has 1 unspecified atom stereocenters. The zero-order valence-electron chi connectivity index (χ0n) is 9.79. The van der Waals surface area contributed by atoms with Crippen molar-refractivity contribution in [2.45, 2.75) is 19.9 Å². The quantitative estimate of drug-likeness (QED) is 0.773. The molecule has 0 saturated heterocycles. The number of hydrogen-bond acceptors (Lipinski definition) is 2. The molecule has 0 radical (unpaired) electrons. The summed E-state index contributed by atoms with van der Waals surface area (Å²) in [4.78, 5) is 15.2. The molecule has 0 saturated carbocycles. The number of H-pyrrole nitrogens is 1. The van der Waals surface area contributed by atoms with Crippen LogP contribution >= 0.6 is 0 Å². The summed E-state index contributed by atoms with van der Waals surface area (Å²) in [5.41, 5.74) is 2.94. The molecule has 1 aromatic heterocycles. The van der Waals surface area contributed by atoms with Crippen molar-refractivity contribution in [3.05, 3.63) is 35.5 Å². The third-order valence-corrected chi connectivity index (χ3v) is 2.93. The van der Waals surface area contributed by atoms with E-state index in [1.54, 1.807) is 13.2 Å². The summed E-state index contributed by atoms with van der Waals surface area (Å²) < 4.78 is 0. The molecule has 3 heteroatoms. The Hall–Kier alpha value is -1.61. The largest absolute Gasteiger partial charge is 0.360 e. The summed E-state index contributed by atoms with van der Waals surface area (Å²) >= 11 is 0. The summed E-state index contributed by atoms with van der Waals surface area (Å²) in [6.07, 6.45) is 1.79. The van der Waals surface area contributed by atoms with Gasteiger partial charge in [0.2, 0.25) is 0 Å². The highest BCUT2D eigenvalue weighted by molar-refractivity contribution is 6.10. The molecule has 0 aliphatic rings. The molecular formula is C13H16N2O. The van der Waals surface area contributed by atoms with Crippen LogP contribution in [0.15, 0.2) is 24.4 Å². The van der Waals surface area contributed by atoms with Crippen molar-refractivity contribution < 1.29 is 4.79 Å². The van der Waals surface area contributed by atoms with Crippen LogP contribution in [0.1, 0.15) is 22.8 Å². The normalized spacial score (nSPS) is 12.9. The zero-order valence-corrected chi connectivity index (χ0v) is 9.79. The number of fused-ring (bicyclic) bond motifs is 1. The van der Waals surface area contributed by atoms with Gasteiger partial charge in [0.25, 0.3) is 0 Å². The molecule has 1 aromatic carbocycles. The summed E-state index contributed by atoms with van der Waals surface area (Å²) in [7, 11) is 1.79. The molecule has 0 fully saturated rings. The topological polar surface area (TPSA) is 44.9 Å². The van der Waals surface area contributed by atoms with Crippen molar-refractivity contribution in [1.29, 1.82) is 0 Å². The molecule has 3 nitrogen and oxygen atoms in total. The van der Waals surface area contributed by atoms with E-state index < -0.39 is 0 Å². The number of likely N-dealkylation sites (N-methyl/N-ethyl adjacent to an activating group) is 1. The van der Waals surface area contributed by atoms with Gasteiger partial charge in [0.15, 0.2) is 5.78 Å². The molecule has 0 aliphatic carbocycles. The average molecular weight is 216 g/mol. The molecule has 1 atom stereocenters. The lowest BCUT2D eigenvalue weighted by Gasteiger charge is -2.07. The van der Waals surface area contributed by atoms with Gasteiger partial charge in [-0.3, -0.25) is 4.79 Å². The van der Waals surface area contributed by atoms with E-state index in [1.165, 1.54) is 5.56 Å². The van der Waals surface area contributed by atoms with Crippen LogP contribution in [0.4, 0.5) is 0 Å². The Morgan fingerprint density at radius 1 is 1.44 bits per heavy atom. The number of carbonyl (C=O) groups excluding carboxylic acids is 1. The van der Waals surface area contributed by atoms with Crippen LogP contribution in [0, 0.1) is 6.92 Å². The SMILES string of the molecule is CNC(C)C(=O)c1c[nH]c2ccc(C)cc12. The molecule has 0 bridgehead atoms. The Morgan fingerprint density at radius 2 is 2.19 bits per heavy atom. The zero-order chi connectivity index (χ0) is 11.7. The number of nitrogens with one attached hydrogen (secondary N) is 2. The lowest BCUT2D eigenvalue weighted by Crippen LogP contribution is -2.30. The number of aromatic amines is 1. The van der Waals surface area contributed by atoms with E-state index in [0.717, 1.165) is 16.5 Å². The number of aryl methyl sites for hydroxylation is 1. The Kier molecular flexibility index (Phi) is 2.79.